The molecule has 30 heavy (non-hydrogen) atoms. The highest BCUT2D eigenvalue weighted by Crippen LogP contribution is 2.34. The van der Waals surface area contributed by atoms with Crippen molar-refractivity contribution in [2.45, 2.75) is 26.3 Å². The molecule has 1 aliphatic heterocycles. The molecule has 0 aliphatic carbocycles. The molecule has 3 rings (SSSR count). The fourth-order valence-corrected chi connectivity index (χ4v) is 4.27. The fourth-order valence-electron chi connectivity index (χ4n) is 4.27. The molecular weight excluding hydrogens is 380 g/mol. The number of aryl methyl sites for hydroxylation is 2. The van der Waals surface area contributed by atoms with Crippen molar-refractivity contribution in [3.05, 3.63) is 59.0 Å². The Hall–Kier alpha value is -2.15. The summed E-state index contributed by atoms with van der Waals surface area (Å²) in [6, 6.07) is 12.9. The summed E-state index contributed by atoms with van der Waals surface area (Å²) in [5.41, 5.74) is 2.59. The summed E-state index contributed by atoms with van der Waals surface area (Å²) >= 11 is 0. The summed E-state index contributed by atoms with van der Waals surface area (Å²) in [5, 5.41) is 0. The summed E-state index contributed by atoms with van der Waals surface area (Å²) in [4.78, 5) is 16.9. The molecule has 2 atom stereocenters. The van der Waals surface area contributed by atoms with Crippen LogP contribution in [0.2, 0.25) is 0 Å². The normalized spacial score (nSPS) is 19.3. The van der Waals surface area contributed by atoms with Crippen LogP contribution < -0.4 is 0 Å². The van der Waals surface area contributed by atoms with Gasteiger partial charge in [-0.3, -0.25) is 9.69 Å². The summed E-state index contributed by atoms with van der Waals surface area (Å²) < 4.78 is 16.1. The van der Waals surface area contributed by atoms with E-state index in [1.165, 1.54) is 11.1 Å². The Labute approximate surface area is 179 Å². The highest BCUT2D eigenvalue weighted by Gasteiger charge is 2.36. The zero-order valence-electron chi connectivity index (χ0n) is 18.6. The maximum absolute atomic E-state index is 12.6. The minimum absolute atomic E-state index is 0.0114. The second-order valence-electron chi connectivity index (χ2n) is 8.25. The Morgan fingerprint density at radius 2 is 1.87 bits per heavy atom. The van der Waals surface area contributed by atoms with Crippen LogP contribution in [0.25, 0.3) is 0 Å². The molecule has 1 aliphatic rings. The Morgan fingerprint density at radius 3 is 2.50 bits per heavy atom. The maximum Gasteiger partial charge on any atom is 0.248 e. The predicted molar refractivity (Wildman–Crippen MR) is 116 cm³/mol. The van der Waals surface area contributed by atoms with E-state index in [1.807, 2.05) is 17.9 Å². The lowest BCUT2D eigenvalue weighted by Gasteiger charge is -2.28. The van der Waals surface area contributed by atoms with E-state index in [-0.39, 0.29) is 12.5 Å². The van der Waals surface area contributed by atoms with Gasteiger partial charge in [0.1, 0.15) is 18.1 Å². The third kappa shape index (κ3) is 5.94. The monoisotopic (exact) mass is 414 g/mol. The van der Waals surface area contributed by atoms with Gasteiger partial charge < -0.3 is 18.8 Å². The van der Waals surface area contributed by atoms with E-state index in [9.17, 15) is 4.79 Å². The lowest BCUT2D eigenvalue weighted by atomic mass is 9.88. The van der Waals surface area contributed by atoms with Gasteiger partial charge in [-0.05, 0) is 37.5 Å². The van der Waals surface area contributed by atoms with E-state index in [2.05, 4.69) is 42.2 Å². The van der Waals surface area contributed by atoms with Crippen LogP contribution in [-0.2, 0) is 20.8 Å². The molecule has 0 spiro atoms. The molecule has 6 nitrogen and oxygen atoms in total. The molecule has 2 unspecified atom stereocenters. The van der Waals surface area contributed by atoms with E-state index >= 15 is 0 Å². The number of hydrogen-bond donors (Lipinski definition) is 0. The molecule has 0 radical (unpaired) electrons. The second-order valence-corrected chi connectivity index (χ2v) is 8.25. The molecule has 1 aromatic carbocycles. The molecule has 164 valence electrons. The third-order valence-corrected chi connectivity index (χ3v) is 5.84. The summed E-state index contributed by atoms with van der Waals surface area (Å²) in [6.07, 6.45) is 0. The van der Waals surface area contributed by atoms with Crippen molar-refractivity contribution in [1.82, 2.24) is 9.80 Å². The van der Waals surface area contributed by atoms with Crippen LogP contribution in [0.3, 0.4) is 0 Å². The number of carbonyl (C=O) groups excluding carboxylic acids is 1. The van der Waals surface area contributed by atoms with Crippen molar-refractivity contribution >= 4 is 5.91 Å². The average Bonchev–Trinajstić information content (AvgIpc) is 3.31. The Bertz CT molecular complexity index is 802. The molecule has 0 bridgehead atoms. The van der Waals surface area contributed by atoms with E-state index in [0.717, 1.165) is 31.2 Å². The SMILES string of the molecule is COCCN(CC1CN(Cc2ccc(C)o2)CC1c1ccc(C)cc1)C(=O)COC. The number of methoxy groups -OCH3 is 2. The van der Waals surface area contributed by atoms with Gasteiger partial charge >= 0.3 is 0 Å². The smallest absolute Gasteiger partial charge is 0.248 e. The predicted octanol–water partition coefficient (Wildman–Crippen LogP) is 3.23. The molecule has 1 saturated heterocycles. The largest absolute Gasteiger partial charge is 0.465 e. The van der Waals surface area contributed by atoms with Crippen LogP contribution in [0.5, 0.6) is 0 Å². The number of benzene rings is 1. The molecule has 2 heterocycles. The van der Waals surface area contributed by atoms with Gasteiger partial charge in [0.05, 0.1) is 13.2 Å². The van der Waals surface area contributed by atoms with Crippen molar-refractivity contribution in [2.75, 3.05) is 53.6 Å². The van der Waals surface area contributed by atoms with E-state index in [4.69, 9.17) is 13.9 Å². The van der Waals surface area contributed by atoms with E-state index in [1.54, 1.807) is 14.2 Å². The first-order valence-electron chi connectivity index (χ1n) is 10.6. The minimum Gasteiger partial charge on any atom is -0.465 e. The molecule has 0 N–H and O–H groups in total. The third-order valence-electron chi connectivity index (χ3n) is 5.84. The van der Waals surface area contributed by atoms with Crippen LogP contribution in [0.15, 0.2) is 40.8 Å². The number of likely N-dealkylation sites (tertiary alicyclic amines) is 1. The van der Waals surface area contributed by atoms with Gasteiger partial charge in [-0.25, -0.2) is 0 Å². The van der Waals surface area contributed by atoms with Crippen LogP contribution >= 0.6 is 0 Å². The summed E-state index contributed by atoms with van der Waals surface area (Å²) in [6.45, 7) is 8.62. The molecule has 1 aromatic heterocycles. The second kappa shape index (κ2) is 10.8. The van der Waals surface area contributed by atoms with Gasteiger partial charge in [-0.1, -0.05) is 29.8 Å². The topological polar surface area (TPSA) is 55.2 Å². The molecule has 6 heteroatoms. The van der Waals surface area contributed by atoms with Gasteiger partial charge in [0.15, 0.2) is 0 Å². The summed E-state index contributed by atoms with van der Waals surface area (Å²) in [5.74, 6) is 2.63. The molecule has 2 aromatic rings. The van der Waals surface area contributed by atoms with Crippen LogP contribution in [0, 0.1) is 19.8 Å². The number of amides is 1. The fraction of sp³-hybridized carbons (Fsp3) is 0.542. The van der Waals surface area contributed by atoms with E-state index < -0.39 is 0 Å². The zero-order chi connectivity index (χ0) is 21.5. The van der Waals surface area contributed by atoms with Crippen molar-refractivity contribution in [1.29, 1.82) is 0 Å². The number of hydrogen-bond acceptors (Lipinski definition) is 5. The van der Waals surface area contributed by atoms with Crippen molar-refractivity contribution in [3.8, 4) is 0 Å². The lowest BCUT2D eigenvalue weighted by Crippen LogP contribution is -2.41. The Morgan fingerprint density at radius 1 is 1.10 bits per heavy atom. The van der Waals surface area contributed by atoms with Gasteiger partial charge in [-0.2, -0.15) is 0 Å². The first-order valence-corrected chi connectivity index (χ1v) is 10.6. The number of furan rings is 1. The zero-order valence-corrected chi connectivity index (χ0v) is 18.6. The number of ether oxygens (including phenoxy) is 2. The number of carbonyl (C=O) groups is 1. The molecule has 1 fully saturated rings. The van der Waals surface area contributed by atoms with Gasteiger partial charge in [0, 0.05) is 46.3 Å². The van der Waals surface area contributed by atoms with Gasteiger partial charge in [0.25, 0.3) is 0 Å². The molecule has 1 amide bonds. The molecular formula is C24H34N2O4. The first kappa shape index (κ1) is 22.5. The van der Waals surface area contributed by atoms with Gasteiger partial charge in [0.2, 0.25) is 5.91 Å². The van der Waals surface area contributed by atoms with Crippen molar-refractivity contribution in [2.24, 2.45) is 5.92 Å². The van der Waals surface area contributed by atoms with Crippen LogP contribution in [-0.4, -0.2) is 69.3 Å². The highest BCUT2D eigenvalue weighted by atomic mass is 16.5. The quantitative estimate of drug-likeness (QED) is 0.597. The summed E-state index contributed by atoms with van der Waals surface area (Å²) in [7, 11) is 3.22. The van der Waals surface area contributed by atoms with Crippen molar-refractivity contribution in [3.63, 3.8) is 0 Å². The lowest BCUT2D eigenvalue weighted by molar-refractivity contribution is -0.136. The number of nitrogens with zero attached hydrogens (tertiary/aromatic N) is 2. The standard InChI is InChI=1S/C24H34N2O4/c1-18-5-8-20(9-6-18)23-16-25(15-22-10-7-19(2)30-22)13-21(23)14-26(11-12-28-3)24(27)17-29-4/h5-10,21,23H,11-17H2,1-4H3. The van der Waals surface area contributed by atoms with Gasteiger partial charge in [-0.15, -0.1) is 0 Å². The maximum atomic E-state index is 12.6. The van der Waals surface area contributed by atoms with E-state index in [0.29, 0.717) is 31.5 Å². The Kier molecular flexibility index (Phi) is 8.08. The first-order chi connectivity index (χ1) is 14.5. The molecule has 0 saturated carbocycles. The van der Waals surface area contributed by atoms with Crippen LogP contribution in [0.1, 0.15) is 28.6 Å². The van der Waals surface area contributed by atoms with Crippen molar-refractivity contribution < 1.29 is 18.7 Å². The Balaban J connectivity index is 1.77. The van der Waals surface area contributed by atoms with Crippen LogP contribution in [0.4, 0.5) is 0 Å². The number of rotatable bonds is 10. The highest BCUT2D eigenvalue weighted by molar-refractivity contribution is 5.77. The minimum atomic E-state index is 0.0114. The average molecular weight is 415 g/mol.